The van der Waals surface area contributed by atoms with Crippen molar-refractivity contribution in [2.75, 3.05) is 13.1 Å². The summed E-state index contributed by atoms with van der Waals surface area (Å²) in [5, 5.41) is 1.75. The molecular formula is C21H20N2O2S. The first-order chi connectivity index (χ1) is 12.8. The van der Waals surface area contributed by atoms with Crippen LogP contribution in [-0.2, 0) is 6.54 Å². The SMILES string of the molecule is c1ccc2sc(Oc3ccc4oc(CN5CCCCC5)cc4c3)nc2c1. The van der Waals surface area contributed by atoms with Crippen LogP contribution in [-0.4, -0.2) is 23.0 Å². The molecule has 1 aliphatic rings. The molecule has 0 saturated carbocycles. The molecule has 0 unspecified atom stereocenters. The van der Waals surface area contributed by atoms with Gasteiger partial charge in [0.15, 0.2) is 0 Å². The topological polar surface area (TPSA) is 38.5 Å². The summed E-state index contributed by atoms with van der Waals surface area (Å²) >= 11 is 1.56. The van der Waals surface area contributed by atoms with Crippen LogP contribution < -0.4 is 4.74 Å². The van der Waals surface area contributed by atoms with Gasteiger partial charge in [0.1, 0.15) is 17.1 Å². The predicted octanol–water partition coefficient (Wildman–Crippen LogP) is 5.82. The molecule has 1 saturated heterocycles. The average Bonchev–Trinajstić information content (AvgIpc) is 3.24. The molecule has 2 aromatic carbocycles. The average molecular weight is 364 g/mol. The van der Waals surface area contributed by atoms with E-state index in [1.807, 2.05) is 36.4 Å². The normalized spacial score (nSPS) is 15.7. The third kappa shape index (κ3) is 3.20. The standard InChI is InChI=1S/C21H20N2O2S/c1-4-10-23(11-5-1)14-17-13-15-12-16(8-9-19(15)24-17)25-21-22-18-6-2-3-7-20(18)26-21/h2-3,6-9,12-13H,1,4-5,10-11,14H2. The van der Waals surface area contributed by atoms with E-state index in [0.29, 0.717) is 5.19 Å². The van der Waals surface area contributed by atoms with Crippen LogP contribution in [0.25, 0.3) is 21.2 Å². The molecule has 1 aliphatic heterocycles. The van der Waals surface area contributed by atoms with E-state index >= 15 is 0 Å². The Morgan fingerprint density at radius 1 is 1.04 bits per heavy atom. The lowest BCUT2D eigenvalue weighted by Gasteiger charge is -2.25. The highest BCUT2D eigenvalue weighted by molar-refractivity contribution is 7.20. The Morgan fingerprint density at radius 2 is 1.92 bits per heavy atom. The Hall–Kier alpha value is -2.37. The second kappa shape index (κ2) is 6.74. The number of nitrogens with zero attached hydrogens (tertiary/aromatic N) is 2. The summed E-state index contributed by atoms with van der Waals surface area (Å²) < 4.78 is 13.1. The highest BCUT2D eigenvalue weighted by atomic mass is 32.1. The van der Waals surface area contributed by atoms with Crippen LogP contribution in [0.4, 0.5) is 0 Å². The van der Waals surface area contributed by atoms with E-state index in [2.05, 4.69) is 22.0 Å². The van der Waals surface area contributed by atoms with Gasteiger partial charge in [0.05, 0.1) is 16.8 Å². The van der Waals surface area contributed by atoms with Crippen molar-refractivity contribution in [3.05, 3.63) is 54.3 Å². The van der Waals surface area contributed by atoms with Crippen molar-refractivity contribution >= 4 is 32.5 Å². The van der Waals surface area contributed by atoms with Crippen molar-refractivity contribution < 1.29 is 9.15 Å². The molecule has 1 fully saturated rings. The van der Waals surface area contributed by atoms with Crippen molar-refractivity contribution in [3.63, 3.8) is 0 Å². The lowest BCUT2D eigenvalue weighted by molar-refractivity contribution is 0.207. The number of furan rings is 1. The van der Waals surface area contributed by atoms with Crippen LogP contribution in [0.2, 0.25) is 0 Å². The molecule has 4 nitrogen and oxygen atoms in total. The minimum atomic E-state index is 0.669. The van der Waals surface area contributed by atoms with Crippen LogP contribution in [0.15, 0.2) is 52.9 Å². The lowest BCUT2D eigenvalue weighted by atomic mass is 10.1. The van der Waals surface area contributed by atoms with Crippen LogP contribution in [0, 0.1) is 0 Å². The smallest absolute Gasteiger partial charge is 0.279 e. The van der Waals surface area contributed by atoms with Crippen LogP contribution in [0.3, 0.4) is 0 Å². The van der Waals surface area contributed by atoms with Crippen LogP contribution in [0.1, 0.15) is 25.0 Å². The first kappa shape index (κ1) is 15.9. The summed E-state index contributed by atoms with van der Waals surface area (Å²) in [4.78, 5) is 7.01. The van der Waals surface area contributed by atoms with Crippen molar-refractivity contribution in [2.45, 2.75) is 25.8 Å². The van der Waals surface area contributed by atoms with Gasteiger partial charge in [0.25, 0.3) is 5.19 Å². The fourth-order valence-corrected chi connectivity index (χ4v) is 4.39. The molecule has 0 bridgehead atoms. The Labute approximate surface area is 156 Å². The maximum atomic E-state index is 6.01. The summed E-state index contributed by atoms with van der Waals surface area (Å²) in [5.41, 5.74) is 1.88. The molecular weight excluding hydrogens is 344 g/mol. The zero-order valence-corrected chi connectivity index (χ0v) is 15.3. The number of fused-ring (bicyclic) bond motifs is 2. The molecule has 4 aromatic rings. The highest BCUT2D eigenvalue weighted by Gasteiger charge is 2.14. The largest absolute Gasteiger partial charge is 0.460 e. The maximum absolute atomic E-state index is 6.01. The summed E-state index contributed by atoms with van der Waals surface area (Å²) in [7, 11) is 0. The zero-order chi connectivity index (χ0) is 17.3. The second-order valence-electron chi connectivity index (χ2n) is 6.80. The van der Waals surface area contributed by atoms with E-state index < -0.39 is 0 Å². The number of aromatic nitrogens is 1. The molecule has 5 rings (SSSR count). The molecule has 0 amide bonds. The van der Waals surface area contributed by atoms with E-state index in [0.717, 1.165) is 39.2 Å². The number of rotatable bonds is 4. The molecule has 0 N–H and O–H groups in total. The summed E-state index contributed by atoms with van der Waals surface area (Å²) in [6, 6.07) is 16.2. The predicted molar refractivity (Wildman–Crippen MR) is 105 cm³/mol. The number of hydrogen-bond acceptors (Lipinski definition) is 5. The number of likely N-dealkylation sites (tertiary alicyclic amines) is 1. The number of hydrogen-bond donors (Lipinski definition) is 0. The number of ether oxygens (including phenoxy) is 1. The van der Waals surface area contributed by atoms with E-state index in [1.165, 1.54) is 32.4 Å². The molecule has 0 aliphatic carbocycles. The van der Waals surface area contributed by atoms with Gasteiger partial charge in [0, 0.05) is 5.39 Å². The quantitative estimate of drug-likeness (QED) is 0.457. The van der Waals surface area contributed by atoms with Gasteiger partial charge in [-0.1, -0.05) is 29.9 Å². The molecule has 2 aromatic heterocycles. The highest BCUT2D eigenvalue weighted by Crippen LogP contribution is 2.33. The molecule has 0 radical (unpaired) electrons. The van der Waals surface area contributed by atoms with E-state index in [1.54, 1.807) is 11.3 Å². The lowest BCUT2D eigenvalue weighted by Crippen LogP contribution is -2.28. The van der Waals surface area contributed by atoms with Gasteiger partial charge in [-0.15, -0.1) is 0 Å². The molecule has 5 heteroatoms. The Morgan fingerprint density at radius 3 is 2.81 bits per heavy atom. The minimum absolute atomic E-state index is 0.669. The minimum Gasteiger partial charge on any atom is -0.460 e. The summed E-state index contributed by atoms with van der Waals surface area (Å²) in [5.74, 6) is 1.82. The van der Waals surface area contributed by atoms with Crippen molar-refractivity contribution in [3.8, 4) is 10.9 Å². The van der Waals surface area contributed by atoms with Crippen molar-refractivity contribution in [1.29, 1.82) is 0 Å². The maximum Gasteiger partial charge on any atom is 0.279 e. The third-order valence-electron chi connectivity index (χ3n) is 4.85. The van der Waals surface area contributed by atoms with Gasteiger partial charge >= 0.3 is 0 Å². The summed E-state index contributed by atoms with van der Waals surface area (Å²) in [6.45, 7) is 3.23. The van der Waals surface area contributed by atoms with E-state index in [4.69, 9.17) is 9.15 Å². The van der Waals surface area contributed by atoms with Crippen LogP contribution in [0.5, 0.6) is 10.9 Å². The molecule has 0 spiro atoms. The molecule has 0 atom stereocenters. The Kier molecular flexibility index (Phi) is 4.11. The van der Waals surface area contributed by atoms with Gasteiger partial charge in [-0.05, 0) is 62.3 Å². The first-order valence-corrected chi connectivity index (χ1v) is 9.93. The molecule has 132 valence electrons. The van der Waals surface area contributed by atoms with Gasteiger partial charge in [-0.2, -0.15) is 0 Å². The van der Waals surface area contributed by atoms with E-state index in [9.17, 15) is 0 Å². The number of para-hydroxylation sites is 1. The first-order valence-electron chi connectivity index (χ1n) is 9.12. The van der Waals surface area contributed by atoms with Crippen LogP contribution >= 0.6 is 11.3 Å². The molecule has 3 heterocycles. The Bertz CT molecular complexity index is 1010. The monoisotopic (exact) mass is 364 g/mol. The van der Waals surface area contributed by atoms with Gasteiger partial charge < -0.3 is 9.15 Å². The van der Waals surface area contributed by atoms with Gasteiger partial charge in [-0.3, -0.25) is 4.90 Å². The number of piperidine rings is 1. The van der Waals surface area contributed by atoms with Crippen molar-refractivity contribution in [1.82, 2.24) is 9.88 Å². The van der Waals surface area contributed by atoms with E-state index in [-0.39, 0.29) is 0 Å². The van der Waals surface area contributed by atoms with Gasteiger partial charge in [0.2, 0.25) is 0 Å². The summed E-state index contributed by atoms with van der Waals surface area (Å²) in [6.07, 6.45) is 3.93. The second-order valence-corrected chi connectivity index (χ2v) is 7.79. The number of thiazole rings is 1. The van der Waals surface area contributed by atoms with Gasteiger partial charge in [-0.25, -0.2) is 4.98 Å². The molecule has 26 heavy (non-hydrogen) atoms. The number of benzene rings is 2. The fourth-order valence-electron chi connectivity index (χ4n) is 3.55. The third-order valence-corrected chi connectivity index (χ3v) is 5.76. The fraction of sp³-hybridized carbons (Fsp3) is 0.286. The van der Waals surface area contributed by atoms with Crippen molar-refractivity contribution in [2.24, 2.45) is 0 Å². The Balaban J connectivity index is 1.36. The zero-order valence-electron chi connectivity index (χ0n) is 14.5.